The molecule has 1 saturated heterocycles. The van der Waals surface area contributed by atoms with E-state index < -0.39 is 0 Å². The number of likely N-dealkylation sites (tertiary alicyclic amines) is 1. The van der Waals surface area contributed by atoms with E-state index in [-0.39, 0.29) is 5.91 Å². The van der Waals surface area contributed by atoms with Gasteiger partial charge in [0, 0.05) is 39.6 Å². The third kappa shape index (κ3) is 5.58. The van der Waals surface area contributed by atoms with Gasteiger partial charge in [-0.05, 0) is 23.5 Å². The van der Waals surface area contributed by atoms with E-state index in [0.29, 0.717) is 12.3 Å². The summed E-state index contributed by atoms with van der Waals surface area (Å²) in [6.45, 7) is 7.60. The van der Waals surface area contributed by atoms with Crippen molar-refractivity contribution in [3.8, 4) is 0 Å². The molecule has 1 aromatic rings. The van der Waals surface area contributed by atoms with Gasteiger partial charge in [0.2, 0.25) is 5.91 Å². The highest BCUT2D eigenvalue weighted by Crippen LogP contribution is 2.14. The topological polar surface area (TPSA) is 56.7 Å². The van der Waals surface area contributed by atoms with E-state index in [2.05, 4.69) is 53.7 Å². The van der Waals surface area contributed by atoms with Gasteiger partial charge in [-0.2, -0.15) is 0 Å². The van der Waals surface area contributed by atoms with Crippen LogP contribution in [0.3, 0.4) is 0 Å². The van der Waals surface area contributed by atoms with Crippen LogP contribution in [0.15, 0.2) is 29.3 Å². The molecule has 126 valence electrons. The van der Waals surface area contributed by atoms with Gasteiger partial charge in [0.15, 0.2) is 5.96 Å². The van der Waals surface area contributed by atoms with Crippen molar-refractivity contribution in [2.75, 3.05) is 20.1 Å². The SMILES string of the molecule is CN=C(NCc1ccc(CN2CCCC2=O)cc1)NCC(C)C. The van der Waals surface area contributed by atoms with E-state index in [0.717, 1.165) is 38.6 Å². The molecule has 2 N–H and O–H groups in total. The molecule has 0 unspecified atom stereocenters. The van der Waals surface area contributed by atoms with E-state index in [4.69, 9.17) is 0 Å². The lowest BCUT2D eigenvalue weighted by Crippen LogP contribution is -2.38. The molecule has 2 rings (SSSR count). The first-order chi connectivity index (χ1) is 11.1. The number of hydrogen-bond acceptors (Lipinski definition) is 2. The summed E-state index contributed by atoms with van der Waals surface area (Å²) in [4.78, 5) is 17.8. The number of aliphatic imine (C=N–C) groups is 1. The maximum atomic E-state index is 11.7. The van der Waals surface area contributed by atoms with Crippen LogP contribution in [0.25, 0.3) is 0 Å². The van der Waals surface area contributed by atoms with Crippen LogP contribution in [0.5, 0.6) is 0 Å². The molecule has 0 bridgehead atoms. The lowest BCUT2D eigenvalue weighted by atomic mass is 10.1. The molecule has 1 aromatic carbocycles. The molecule has 0 aromatic heterocycles. The van der Waals surface area contributed by atoms with Crippen LogP contribution in [0.4, 0.5) is 0 Å². The predicted molar refractivity (Wildman–Crippen MR) is 94.1 cm³/mol. The number of amides is 1. The van der Waals surface area contributed by atoms with E-state index in [1.165, 1.54) is 11.1 Å². The van der Waals surface area contributed by atoms with Crippen LogP contribution in [0.1, 0.15) is 37.8 Å². The van der Waals surface area contributed by atoms with Crippen molar-refractivity contribution in [2.24, 2.45) is 10.9 Å². The smallest absolute Gasteiger partial charge is 0.222 e. The van der Waals surface area contributed by atoms with Crippen molar-refractivity contribution in [1.29, 1.82) is 0 Å². The Kier molecular flexibility index (Phi) is 6.44. The van der Waals surface area contributed by atoms with Crippen LogP contribution < -0.4 is 10.6 Å². The van der Waals surface area contributed by atoms with Gasteiger partial charge < -0.3 is 15.5 Å². The van der Waals surface area contributed by atoms with E-state index in [1.807, 2.05) is 4.90 Å². The first-order valence-corrected chi connectivity index (χ1v) is 8.38. The maximum absolute atomic E-state index is 11.7. The highest BCUT2D eigenvalue weighted by atomic mass is 16.2. The number of rotatable bonds is 6. The summed E-state index contributed by atoms with van der Waals surface area (Å²) in [6.07, 6.45) is 1.69. The molecule has 0 radical (unpaired) electrons. The minimum atomic E-state index is 0.274. The fraction of sp³-hybridized carbons (Fsp3) is 0.556. The maximum Gasteiger partial charge on any atom is 0.222 e. The Morgan fingerprint density at radius 2 is 1.91 bits per heavy atom. The van der Waals surface area contributed by atoms with Crippen LogP contribution in [-0.2, 0) is 17.9 Å². The van der Waals surface area contributed by atoms with Gasteiger partial charge in [0.1, 0.15) is 0 Å². The molecule has 0 saturated carbocycles. The second-order valence-corrected chi connectivity index (χ2v) is 6.44. The Hall–Kier alpha value is -2.04. The van der Waals surface area contributed by atoms with Gasteiger partial charge >= 0.3 is 0 Å². The summed E-state index contributed by atoms with van der Waals surface area (Å²) in [5.74, 6) is 1.68. The Bertz CT molecular complexity index is 536. The standard InChI is InChI=1S/C18H28N4O/c1-14(2)11-20-18(19-3)21-12-15-6-8-16(9-7-15)13-22-10-4-5-17(22)23/h6-9,14H,4-5,10-13H2,1-3H3,(H2,19,20,21). The fourth-order valence-electron chi connectivity index (χ4n) is 2.56. The second-order valence-electron chi connectivity index (χ2n) is 6.44. The van der Waals surface area contributed by atoms with Crippen molar-refractivity contribution in [2.45, 2.75) is 39.8 Å². The zero-order valence-electron chi connectivity index (χ0n) is 14.4. The molecule has 1 aliphatic heterocycles. The normalized spacial score (nSPS) is 15.4. The van der Waals surface area contributed by atoms with E-state index in [1.54, 1.807) is 7.05 Å². The van der Waals surface area contributed by atoms with Gasteiger partial charge in [-0.3, -0.25) is 9.79 Å². The van der Waals surface area contributed by atoms with Crippen LogP contribution in [0, 0.1) is 5.92 Å². The Morgan fingerprint density at radius 1 is 1.22 bits per heavy atom. The van der Waals surface area contributed by atoms with Gasteiger partial charge in [-0.15, -0.1) is 0 Å². The molecule has 0 atom stereocenters. The van der Waals surface area contributed by atoms with Crippen molar-refractivity contribution in [3.63, 3.8) is 0 Å². The van der Waals surface area contributed by atoms with Crippen molar-refractivity contribution in [1.82, 2.24) is 15.5 Å². The third-order valence-corrected chi connectivity index (χ3v) is 3.93. The molecule has 0 spiro atoms. The summed E-state index contributed by atoms with van der Waals surface area (Å²) in [5.41, 5.74) is 2.39. The quantitative estimate of drug-likeness (QED) is 0.624. The zero-order chi connectivity index (χ0) is 16.7. The molecular formula is C18H28N4O. The molecule has 23 heavy (non-hydrogen) atoms. The molecule has 5 heteroatoms. The van der Waals surface area contributed by atoms with Gasteiger partial charge in [0.05, 0.1) is 0 Å². The van der Waals surface area contributed by atoms with Gasteiger partial charge in [-0.25, -0.2) is 0 Å². The predicted octanol–water partition coefficient (Wildman–Crippen LogP) is 2.13. The molecule has 1 aliphatic rings. The summed E-state index contributed by atoms with van der Waals surface area (Å²) >= 11 is 0. The summed E-state index contributed by atoms with van der Waals surface area (Å²) in [6, 6.07) is 8.43. The minimum absolute atomic E-state index is 0.274. The monoisotopic (exact) mass is 316 g/mol. The largest absolute Gasteiger partial charge is 0.356 e. The molecule has 1 fully saturated rings. The molecular weight excluding hydrogens is 288 g/mol. The zero-order valence-corrected chi connectivity index (χ0v) is 14.4. The minimum Gasteiger partial charge on any atom is -0.356 e. The summed E-state index contributed by atoms with van der Waals surface area (Å²) in [5, 5.41) is 6.61. The van der Waals surface area contributed by atoms with E-state index in [9.17, 15) is 4.79 Å². The lowest BCUT2D eigenvalue weighted by molar-refractivity contribution is -0.128. The highest BCUT2D eigenvalue weighted by molar-refractivity contribution is 5.79. The van der Waals surface area contributed by atoms with Gasteiger partial charge in [0.25, 0.3) is 0 Å². The highest BCUT2D eigenvalue weighted by Gasteiger charge is 2.19. The molecule has 1 heterocycles. The number of hydrogen-bond donors (Lipinski definition) is 2. The average Bonchev–Trinajstić information content (AvgIpc) is 2.94. The van der Waals surface area contributed by atoms with Crippen molar-refractivity contribution in [3.05, 3.63) is 35.4 Å². The Balaban J connectivity index is 1.81. The van der Waals surface area contributed by atoms with Crippen LogP contribution in [-0.4, -0.2) is 36.9 Å². The molecule has 0 aliphatic carbocycles. The fourth-order valence-corrected chi connectivity index (χ4v) is 2.56. The van der Waals surface area contributed by atoms with Crippen molar-refractivity contribution < 1.29 is 4.79 Å². The number of carbonyl (C=O) groups is 1. The number of nitrogens with zero attached hydrogens (tertiary/aromatic N) is 2. The number of guanidine groups is 1. The number of carbonyl (C=O) groups excluding carboxylic acids is 1. The van der Waals surface area contributed by atoms with Gasteiger partial charge in [-0.1, -0.05) is 38.1 Å². The number of nitrogens with one attached hydrogen (secondary N) is 2. The van der Waals surface area contributed by atoms with E-state index >= 15 is 0 Å². The second kappa shape index (κ2) is 8.56. The average molecular weight is 316 g/mol. The third-order valence-electron chi connectivity index (χ3n) is 3.93. The number of benzene rings is 1. The summed E-state index contributed by atoms with van der Waals surface area (Å²) in [7, 11) is 1.78. The Morgan fingerprint density at radius 3 is 2.48 bits per heavy atom. The molecule has 5 nitrogen and oxygen atoms in total. The Labute approximate surface area is 139 Å². The van der Waals surface area contributed by atoms with Crippen LogP contribution in [0.2, 0.25) is 0 Å². The molecule has 1 amide bonds. The first kappa shape index (κ1) is 17.3. The van der Waals surface area contributed by atoms with Crippen molar-refractivity contribution >= 4 is 11.9 Å². The first-order valence-electron chi connectivity index (χ1n) is 8.38. The lowest BCUT2D eigenvalue weighted by Gasteiger charge is -2.16. The summed E-state index contributed by atoms with van der Waals surface area (Å²) < 4.78 is 0. The van der Waals surface area contributed by atoms with Crippen LogP contribution >= 0.6 is 0 Å².